The summed E-state index contributed by atoms with van der Waals surface area (Å²) < 4.78 is 38.0. The molecule has 0 heterocycles. The first-order valence-corrected chi connectivity index (χ1v) is 12.4. The molecular weight excluding hydrogens is 492 g/mol. The quantitative estimate of drug-likeness (QED) is 0.295. The lowest BCUT2D eigenvalue weighted by Gasteiger charge is -2.25. The van der Waals surface area contributed by atoms with Gasteiger partial charge in [0.25, 0.3) is 5.91 Å². The van der Waals surface area contributed by atoms with E-state index in [0.717, 1.165) is 18.1 Å². The van der Waals surface area contributed by atoms with Gasteiger partial charge in [-0.25, -0.2) is 8.78 Å². The molecule has 0 bridgehead atoms. The van der Waals surface area contributed by atoms with Gasteiger partial charge in [-0.1, -0.05) is 31.2 Å². The molecule has 4 N–H and O–H groups in total. The molecule has 7 nitrogen and oxygen atoms in total. The van der Waals surface area contributed by atoms with Crippen LogP contribution in [0.3, 0.4) is 0 Å². The van der Waals surface area contributed by atoms with Crippen LogP contribution in [-0.4, -0.2) is 44.2 Å². The van der Waals surface area contributed by atoms with Gasteiger partial charge in [0.1, 0.15) is 30.0 Å². The number of amides is 1. The predicted octanol–water partition coefficient (Wildman–Crippen LogP) is 3.54. The Morgan fingerprint density at radius 1 is 0.947 bits per heavy atom. The molecule has 0 unspecified atom stereocenters. The second-order valence-corrected chi connectivity index (χ2v) is 8.89. The van der Waals surface area contributed by atoms with Crippen LogP contribution < -0.4 is 21.1 Å². The van der Waals surface area contributed by atoms with E-state index < -0.39 is 35.7 Å². The third-order valence-electron chi connectivity index (χ3n) is 5.97. The van der Waals surface area contributed by atoms with E-state index in [1.165, 1.54) is 24.8 Å². The van der Waals surface area contributed by atoms with Gasteiger partial charge in [-0.2, -0.15) is 0 Å². The monoisotopic (exact) mass is 525 g/mol. The first-order valence-electron chi connectivity index (χ1n) is 12.4. The van der Waals surface area contributed by atoms with Crippen LogP contribution in [0.25, 0.3) is 0 Å². The second-order valence-electron chi connectivity index (χ2n) is 8.89. The Kier molecular flexibility index (Phi) is 10.7. The molecule has 0 aromatic heterocycles. The molecule has 3 aromatic carbocycles. The lowest BCUT2D eigenvalue weighted by atomic mass is 10.0. The zero-order chi connectivity index (χ0) is 27.5. The number of esters is 1. The fraction of sp³-hybridized carbons (Fsp3) is 0.310. The van der Waals surface area contributed by atoms with Crippen LogP contribution in [0.15, 0.2) is 66.7 Å². The second kappa shape index (κ2) is 14.2. The maximum atomic E-state index is 13.7. The van der Waals surface area contributed by atoms with Crippen molar-refractivity contribution in [2.45, 2.75) is 38.5 Å². The third kappa shape index (κ3) is 8.93. The summed E-state index contributed by atoms with van der Waals surface area (Å²) >= 11 is 0. The fourth-order valence-electron chi connectivity index (χ4n) is 3.94. The van der Waals surface area contributed by atoms with Crippen molar-refractivity contribution in [2.75, 3.05) is 20.2 Å². The van der Waals surface area contributed by atoms with Gasteiger partial charge in [0.15, 0.2) is 0 Å². The minimum Gasteiger partial charge on any atom is -0.497 e. The van der Waals surface area contributed by atoms with Crippen LogP contribution in [0.1, 0.15) is 34.0 Å². The topological polar surface area (TPSA) is 103 Å². The van der Waals surface area contributed by atoms with Gasteiger partial charge in [-0.3, -0.25) is 9.59 Å². The lowest BCUT2D eigenvalue weighted by molar-refractivity contribution is -0.148. The normalized spacial score (nSPS) is 12.4. The molecular formula is C29H33F2N3O4. The van der Waals surface area contributed by atoms with Crippen LogP contribution in [0.2, 0.25) is 0 Å². The average molecular weight is 526 g/mol. The summed E-state index contributed by atoms with van der Waals surface area (Å²) in [7, 11) is 1.52. The number of nitrogens with one attached hydrogen (secondary N) is 2. The van der Waals surface area contributed by atoms with Crippen molar-refractivity contribution in [1.82, 2.24) is 10.6 Å². The molecule has 0 saturated carbocycles. The smallest absolute Gasteiger partial charge is 0.325 e. The van der Waals surface area contributed by atoms with E-state index in [9.17, 15) is 18.4 Å². The third-order valence-corrected chi connectivity index (χ3v) is 5.97. The van der Waals surface area contributed by atoms with Crippen LogP contribution in [0.4, 0.5) is 8.78 Å². The Balaban J connectivity index is 1.62. The van der Waals surface area contributed by atoms with E-state index in [1.807, 2.05) is 18.2 Å². The summed E-state index contributed by atoms with van der Waals surface area (Å²) in [4.78, 5) is 25.0. The Morgan fingerprint density at radius 3 is 2.29 bits per heavy atom. The molecule has 2 atom stereocenters. The summed E-state index contributed by atoms with van der Waals surface area (Å²) in [6.45, 7) is 2.41. The Hall–Kier alpha value is -3.82. The molecule has 0 aliphatic carbocycles. The fourth-order valence-corrected chi connectivity index (χ4v) is 3.94. The zero-order valence-corrected chi connectivity index (χ0v) is 21.5. The summed E-state index contributed by atoms with van der Waals surface area (Å²) in [5.74, 6) is -1.96. The molecule has 0 saturated heterocycles. The first-order chi connectivity index (χ1) is 18.3. The van der Waals surface area contributed by atoms with Gasteiger partial charge in [0.2, 0.25) is 0 Å². The number of halogens is 2. The van der Waals surface area contributed by atoms with Crippen LogP contribution >= 0.6 is 0 Å². The highest BCUT2D eigenvalue weighted by Crippen LogP contribution is 2.13. The number of hydrogen-bond donors (Lipinski definition) is 3. The molecule has 9 heteroatoms. The van der Waals surface area contributed by atoms with Gasteiger partial charge >= 0.3 is 5.97 Å². The van der Waals surface area contributed by atoms with Gasteiger partial charge in [0, 0.05) is 30.8 Å². The molecule has 3 rings (SSSR count). The number of carbonyl (C=O) groups is 2. The number of nitrogens with two attached hydrogens (primary N) is 1. The SMILES string of the molecule is CCc1cccc(CNC[C@@H](OC(=O)CNC(=O)c2ccc(OC)cc2)[C@@H](N)Cc2cc(F)cc(F)c2)c1. The van der Waals surface area contributed by atoms with Crippen molar-refractivity contribution in [3.63, 3.8) is 0 Å². The van der Waals surface area contributed by atoms with E-state index in [4.69, 9.17) is 15.2 Å². The molecule has 3 aromatic rings. The van der Waals surface area contributed by atoms with Crippen LogP contribution in [0.5, 0.6) is 5.75 Å². The van der Waals surface area contributed by atoms with E-state index >= 15 is 0 Å². The summed E-state index contributed by atoms with van der Waals surface area (Å²) in [6.07, 6.45) is 0.171. The highest BCUT2D eigenvalue weighted by molar-refractivity contribution is 5.96. The van der Waals surface area contributed by atoms with Crippen molar-refractivity contribution in [3.05, 3.63) is 101 Å². The van der Waals surface area contributed by atoms with Crippen LogP contribution in [-0.2, 0) is 28.9 Å². The summed E-state index contributed by atoms with van der Waals surface area (Å²) in [5.41, 5.74) is 9.30. The molecule has 0 spiro atoms. The largest absolute Gasteiger partial charge is 0.497 e. The maximum Gasteiger partial charge on any atom is 0.325 e. The van der Waals surface area contributed by atoms with E-state index in [-0.39, 0.29) is 19.5 Å². The number of benzene rings is 3. The summed E-state index contributed by atoms with van der Waals surface area (Å²) in [5, 5.41) is 5.77. The number of aryl methyl sites for hydroxylation is 1. The van der Waals surface area contributed by atoms with Gasteiger partial charge in [0.05, 0.1) is 7.11 Å². The number of carbonyl (C=O) groups excluding carboxylic acids is 2. The molecule has 0 aliphatic rings. The molecule has 0 radical (unpaired) electrons. The number of ether oxygens (including phenoxy) is 2. The molecule has 202 valence electrons. The molecule has 0 aliphatic heterocycles. The standard InChI is InChI=1S/C29H33F2N3O4/c1-3-19-5-4-6-20(11-19)16-33-17-27(26(32)14-21-12-23(30)15-24(31)13-21)38-28(35)18-34-29(36)22-7-9-25(37-2)10-8-22/h4-13,15,26-27,33H,3,14,16-18,32H2,1-2H3,(H,34,36)/t26-,27+/m0/s1. The minimum atomic E-state index is -0.818. The van der Waals surface area contributed by atoms with E-state index in [1.54, 1.807) is 24.3 Å². The Labute approximate surface area is 221 Å². The highest BCUT2D eigenvalue weighted by Gasteiger charge is 2.23. The van der Waals surface area contributed by atoms with Crippen molar-refractivity contribution in [2.24, 2.45) is 5.73 Å². The molecule has 0 fully saturated rings. The average Bonchev–Trinajstić information content (AvgIpc) is 2.90. The first kappa shape index (κ1) is 28.7. The predicted molar refractivity (Wildman–Crippen MR) is 141 cm³/mol. The van der Waals surface area contributed by atoms with Crippen LogP contribution in [0, 0.1) is 11.6 Å². The maximum absolute atomic E-state index is 13.7. The van der Waals surface area contributed by atoms with Crippen molar-refractivity contribution >= 4 is 11.9 Å². The summed E-state index contributed by atoms with van der Waals surface area (Å²) in [6, 6.07) is 16.9. The zero-order valence-electron chi connectivity index (χ0n) is 21.5. The van der Waals surface area contributed by atoms with E-state index in [2.05, 4.69) is 23.6 Å². The lowest BCUT2D eigenvalue weighted by Crippen LogP contribution is -2.47. The number of hydrogen-bond acceptors (Lipinski definition) is 6. The Bertz CT molecular complexity index is 1200. The van der Waals surface area contributed by atoms with Gasteiger partial charge < -0.3 is 25.8 Å². The molecule has 1 amide bonds. The highest BCUT2D eigenvalue weighted by atomic mass is 19.1. The Morgan fingerprint density at radius 2 is 1.63 bits per heavy atom. The van der Waals surface area contributed by atoms with Gasteiger partial charge in [-0.05, 0) is 65.9 Å². The van der Waals surface area contributed by atoms with Crippen molar-refractivity contribution in [1.29, 1.82) is 0 Å². The van der Waals surface area contributed by atoms with E-state index in [0.29, 0.717) is 23.4 Å². The van der Waals surface area contributed by atoms with Gasteiger partial charge in [-0.15, -0.1) is 0 Å². The number of rotatable bonds is 13. The minimum absolute atomic E-state index is 0.0812. The van der Waals surface area contributed by atoms with Crippen molar-refractivity contribution in [3.8, 4) is 5.75 Å². The van der Waals surface area contributed by atoms with Crippen molar-refractivity contribution < 1.29 is 27.8 Å². The molecule has 38 heavy (non-hydrogen) atoms. The number of methoxy groups -OCH3 is 1.